The molecule has 1 heterocycles. The highest BCUT2D eigenvalue weighted by Gasteiger charge is 2.34. The summed E-state index contributed by atoms with van der Waals surface area (Å²) in [5.41, 5.74) is 5.45. The standard InChI is InChI=1S/C42H44N2O4/c1-5-43-40(28-32-14-12-13-19-37(32)42(46)48-38-26-30(4)20-25-36(38)29(2)3)47-39(41(43)45)27-31-21-23-35(24-22-31)44(33-15-8-6-9-16-33)34-17-10-7-11-18-34/h6-19,21-24,27-30,36,38H,5,20,25-26H2,1-4H3/b39-27+,40-28+. The largest absolute Gasteiger partial charge is 0.458 e. The van der Waals surface area contributed by atoms with Gasteiger partial charge in [-0.2, -0.15) is 0 Å². The maximum absolute atomic E-state index is 13.6. The number of hydrogen-bond acceptors (Lipinski definition) is 5. The molecule has 0 bridgehead atoms. The van der Waals surface area contributed by atoms with Crippen molar-refractivity contribution in [1.29, 1.82) is 0 Å². The summed E-state index contributed by atoms with van der Waals surface area (Å²) in [6.07, 6.45) is 6.54. The number of anilines is 3. The van der Waals surface area contributed by atoms with E-state index in [-0.39, 0.29) is 23.0 Å². The third-order valence-corrected chi connectivity index (χ3v) is 9.41. The van der Waals surface area contributed by atoms with Crippen LogP contribution in [0.25, 0.3) is 12.2 Å². The Morgan fingerprint density at radius 2 is 1.46 bits per heavy atom. The number of carbonyl (C=O) groups excluding carboxylic acids is 1. The van der Waals surface area contributed by atoms with E-state index in [1.165, 1.54) is 0 Å². The normalized spacial score (nSPS) is 18.6. The highest BCUT2D eigenvalue weighted by Crippen LogP contribution is 2.36. The highest BCUT2D eigenvalue weighted by molar-refractivity contribution is 5.93. The number of esters is 1. The van der Waals surface area contributed by atoms with Crippen LogP contribution in [0.1, 0.15) is 68.4 Å². The summed E-state index contributed by atoms with van der Waals surface area (Å²) in [6.45, 7) is 8.97. The first kappa shape index (κ1) is 32.8. The molecule has 3 unspecified atom stereocenters. The van der Waals surface area contributed by atoms with E-state index < -0.39 is 0 Å². The van der Waals surface area contributed by atoms with E-state index in [9.17, 15) is 9.59 Å². The Bertz CT molecular complexity index is 1970. The molecule has 4 aromatic carbocycles. The summed E-state index contributed by atoms with van der Waals surface area (Å²) >= 11 is 0. The maximum atomic E-state index is 13.6. The van der Waals surface area contributed by atoms with Crippen LogP contribution < -0.4 is 21.4 Å². The molecule has 6 rings (SSSR count). The van der Waals surface area contributed by atoms with Crippen molar-refractivity contribution in [2.75, 3.05) is 4.90 Å². The SMILES string of the molecule is CCn1c(=O)/c(=C\c2ccc(N(c3ccccc3)c3ccccc3)cc2)o/c1=C/c1ccccc1C(=O)OC1CC(C)CCC1C(C)C. The molecule has 48 heavy (non-hydrogen) atoms. The minimum atomic E-state index is -0.338. The zero-order valence-electron chi connectivity index (χ0n) is 28.2. The molecule has 246 valence electrons. The zero-order valence-corrected chi connectivity index (χ0v) is 28.2. The lowest BCUT2D eigenvalue weighted by Crippen LogP contribution is -2.36. The van der Waals surface area contributed by atoms with E-state index in [2.05, 4.69) is 49.9 Å². The molecule has 0 saturated heterocycles. The first-order valence-corrected chi connectivity index (χ1v) is 17.1. The predicted molar refractivity (Wildman–Crippen MR) is 193 cm³/mol. The minimum Gasteiger partial charge on any atom is -0.458 e. The summed E-state index contributed by atoms with van der Waals surface area (Å²) in [4.78, 5) is 29.3. The van der Waals surface area contributed by atoms with Crippen molar-refractivity contribution >= 4 is 35.2 Å². The number of carbonyl (C=O) groups is 1. The van der Waals surface area contributed by atoms with Gasteiger partial charge < -0.3 is 14.1 Å². The van der Waals surface area contributed by atoms with Gasteiger partial charge in [0.2, 0.25) is 5.55 Å². The van der Waals surface area contributed by atoms with E-state index in [1.54, 1.807) is 22.8 Å². The maximum Gasteiger partial charge on any atom is 0.339 e. The van der Waals surface area contributed by atoms with Crippen LogP contribution >= 0.6 is 0 Å². The first-order chi connectivity index (χ1) is 23.3. The van der Waals surface area contributed by atoms with E-state index in [0.29, 0.717) is 41.0 Å². The van der Waals surface area contributed by atoms with Gasteiger partial charge in [0, 0.05) is 29.7 Å². The second-order valence-corrected chi connectivity index (χ2v) is 13.1. The molecular formula is C42H44N2O4. The molecule has 1 aromatic heterocycles. The zero-order chi connectivity index (χ0) is 33.6. The summed E-state index contributed by atoms with van der Waals surface area (Å²) < 4.78 is 14.0. The lowest BCUT2D eigenvalue weighted by molar-refractivity contribution is -0.0174. The molecule has 1 saturated carbocycles. The van der Waals surface area contributed by atoms with Crippen LogP contribution in [0.3, 0.4) is 0 Å². The van der Waals surface area contributed by atoms with Crippen molar-refractivity contribution in [2.24, 2.45) is 17.8 Å². The summed E-state index contributed by atoms with van der Waals surface area (Å²) in [5, 5.41) is 0. The van der Waals surface area contributed by atoms with Crippen molar-refractivity contribution in [3.05, 3.63) is 147 Å². The number of oxazole rings is 1. The van der Waals surface area contributed by atoms with Crippen LogP contribution in [0.15, 0.2) is 118 Å². The van der Waals surface area contributed by atoms with Gasteiger partial charge in [0.15, 0.2) is 5.42 Å². The molecule has 5 aromatic rings. The van der Waals surface area contributed by atoms with Gasteiger partial charge in [0.05, 0.1) is 5.56 Å². The molecule has 0 aliphatic heterocycles. The fourth-order valence-electron chi connectivity index (χ4n) is 6.81. The third-order valence-electron chi connectivity index (χ3n) is 9.41. The smallest absolute Gasteiger partial charge is 0.339 e. The molecule has 0 amide bonds. The van der Waals surface area contributed by atoms with Crippen LogP contribution in [0.4, 0.5) is 17.1 Å². The monoisotopic (exact) mass is 640 g/mol. The van der Waals surface area contributed by atoms with E-state index in [4.69, 9.17) is 9.15 Å². The molecule has 6 heteroatoms. The van der Waals surface area contributed by atoms with Gasteiger partial charge in [0.1, 0.15) is 6.10 Å². The van der Waals surface area contributed by atoms with Crippen molar-refractivity contribution in [3.63, 3.8) is 0 Å². The Balaban J connectivity index is 1.31. The highest BCUT2D eigenvalue weighted by atomic mass is 16.5. The van der Waals surface area contributed by atoms with Gasteiger partial charge >= 0.3 is 5.97 Å². The third kappa shape index (κ3) is 7.23. The van der Waals surface area contributed by atoms with Gasteiger partial charge in [-0.1, -0.05) is 93.9 Å². The molecule has 1 aliphatic rings. The van der Waals surface area contributed by atoms with Crippen molar-refractivity contribution < 1.29 is 13.9 Å². The minimum absolute atomic E-state index is 0.105. The lowest BCUT2D eigenvalue weighted by atomic mass is 9.75. The summed E-state index contributed by atoms with van der Waals surface area (Å²) in [7, 11) is 0. The number of ether oxygens (including phenoxy) is 1. The summed E-state index contributed by atoms with van der Waals surface area (Å²) in [6, 6.07) is 35.9. The average molecular weight is 641 g/mol. The van der Waals surface area contributed by atoms with Gasteiger partial charge in [-0.05, 0) is 97.2 Å². The van der Waals surface area contributed by atoms with Crippen molar-refractivity contribution in [3.8, 4) is 0 Å². The van der Waals surface area contributed by atoms with Gasteiger partial charge in [-0.15, -0.1) is 0 Å². The number of para-hydroxylation sites is 2. The van der Waals surface area contributed by atoms with Gasteiger partial charge in [-0.25, -0.2) is 4.79 Å². The predicted octanol–water partition coefficient (Wildman–Crippen LogP) is 8.21. The average Bonchev–Trinajstić information content (AvgIpc) is 3.39. The van der Waals surface area contributed by atoms with Crippen LogP contribution in [0, 0.1) is 17.8 Å². The lowest BCUT2D eigenvalue weighted by Gasteiger charge is -2.36. The van der Waals surface area contributed by atoms with Crippen molar-refractivity contribution in [2.45, 2.75) is 59.6 Å². The van der Waals surface area contributed by atoms with Crippen LogP contribution in [-0.2, 0) is 11.3 Å². The molecule has 1 aliphatic carbocycles. The van der Waals surface area contributed by atoms with Crippen LogP contribution in [0.2, 0.25) is 0 Å². The van der Waals surface area contributed by atoms with E-state index >= 15 is 0 Å². The molecule has 1 fully saturated rings. The molecule has 0 N–H and O–H groups in total. The van der Waals surface area contributed by atoms with E-state index in [1.807, 2.05) is 85.8 Å². The van der Waals surface area contributed by atoms with Gasteiger partial charge in [0.25, 0.3) is 5.56 Å². The molecule has 0 radical (unpaired) electrons. The number of hydrogen-bond donors (Lipinski definition) is 0. The number of benzene rings is 4. The number of rotatable bonds is 9. The quantitative estimate of drug-likeness (QED) is 0.152. The fraction of sp³-hybridized carbons (Fsp3) is 0.286. The second kappa shape index (κ2) is 14.8. The Morgan fingerprint density at radius 3 is 2.08 bits per heavy atom. The van der Waals surface area contributed by atoms with E-state index in [0.717, 1.165) is 41.9 Å². The second-order valence-electron chi connectivity index (χ2n) is 13.1. The summed E-state index contributed by atoms with van der Waals surface area (Å²) in [5.74, 6) is 0.982. The first-order valence-electron chi connectivity index (χ1n) is 17.1. The molecular weight excluding hydrogens is 596 g/mol. The Morgan fingerprint density at radius 1 is 0.854 bits per heavy atom. The number of aromatic nitrogens is 1. The van der Waals surface area contributed by atoms with Crippen LogP contribution in [0.5, 0.6) is 0 Å². The molecule has 0 spiro atoms. The van der Waals surface area contributed by atoms with Crippen molar-refractivity contribution in [1.82, 2.24) is 4.57 Å². The fourth-order valence-corrected chi connectivity index (χ4v) is 6.81. The Kier molecular flexibility index (Phi) is 10.1. The molecule has 3 atom stereocenters. The van der Waals surface area contributed by atoms with Gasteiger partial charge in [-0.3, -0.25) is 9.36 Å². The van der Waals surface area contributed by atoms with Crippen LogP contribution in [-0.4, -0.2) is 16.6 Å². The Labute approximate surface area is 282 Å². The number of nitrogens with zero attached hydrogens (tertiary/aromatic N) is 2. The Hall–Kier alpha value is -5.10. The topological polar surface area (TPSA) is 64.7 Å². The molecule has 6 nitrogen and oxygen atoms in total.